The lowest BCUT2D eigenvalue weighted by molar-refractivity contribution is 0.328. The summed E-state index contributed by atoms with van der Waals surface area (Å²) >= 11 is 0. The lowest BCUT2D eigenvalue weighted by atomic mass is 10.1. The van der Waals surface area contributed by atoms with Gasteiger partial charge in [-0.1, -0.05) is 19.1 Å². The molecule has 0 spiro atoms. The molecule has 5 heteroatoms. The van der Waals surface area contributed by atoms with Crippen LogP contribution >= 0.6 is 0 Å². The van der Waals surface area contributed by atoms with Gasteiger partial charge in [-0.15, -0.1) is 0 Å². The molecule has 2 rings (SSSR count). The van der Waals surface area contributed by atoms with Crippen molar-refractivity contribution in [2.45, 2.75) is 63.1 Å². The predicted molar refractivity (Wildman–Crippen MR) is 85.7 cm³/mol. The SMILES string of the molecule is CCC1CCC(C)N1S(=O)(=O)c1cccc(C(C)NC)c1. The van der Waals surface area contributed by atoms with E-state index >= 15 is 0 Å². The lowest BCUT2D eigenvalue weighted by Gasteiger charge is -2.27. The van der Waals surface area contributed by atoms with E-state index in [1.165, 1.54) is 0 Å². The van der Waals surface area contributed by atoms with E-state index in [1.54, 1.807) is 16.4 Å². The summed E-state index contributed by atoms with van der Waals surface area (Å²) in [5.74, 6) is 0. The normalized spacial score (nSPS) is 25.1. The van der Waals surface area contributed by atoms with Crippen LogP contribution in [0.1, 0.15) is 51.6 Å². The zero-order valence-electron chi connectivity index (χ0n) is 13.3. The molecule has 0 radical (unpaired) electrons. The highest BCUT2D eigenvalue weighted by atomic mass is 32.2. The van der Waals surface area contributed by atoms with Gasteiger partial charge in [-0.2, -0.15) is 4.31 Å². The van der Waals surface area contributed by atoms with Gasteiger partial charge in [0.1, 0.15) is 0 Å². The molecule has 0 aliphatic carbocycles. The van der Waals surface area contributed by atoms with E-state index in [9.17, 15) is 8.42 Å². The van der Waals surface area contributed by atoms with Gasteiger partial charge < -0.3 is 5.32 Å². The summed E-state index contributed by atoms with van der Waals surface area (Å²) in [5, 5.41) is 3.15. The summed E-state index contributed by atoms with van der Waals surface area (Å²) in [6.45, 7) is 6.09. The molecule has 1 aromatic rings. The maximum atomic E-state index is 13.0. The van der Waals surface area contributed by atoms with Crippen molar-refractivity contribution in [1.29, 1.82) is 0 Å². The van der Waals surface area contributed by atoms with Crippen LogP contribution in [0, 0.1) is 0 Å². The molecule has 0 saturated carbocycles. The number of sulfonamides is 1. The zero-order valence-corrected chi connectivity index (χ0v) is 14.2. The van der Waals surface area contributed by atoms with Crippen LogP contribution in [0.5, 0.6) is 0 Å². The van der Waals surface area contributed by atoms with Crippen molar-refractivity contribution in [2.24, 2.45) is 0 Å². The van der Waals surface area contributed by atoms with Crippen molar-refractivity contribution in [3.8, 4) is 0 Å². The van der Waals surface area contributed by atoms with Crippen LogP contribution in [0.15, 0.2) is 29.2 Å². The minimum Gasteiger partial charge on any atom is -0.313 e. The van der Waals surface area contributed by atoms with Crippen molar-refractivity contribution >= 4 is 10.0 Å². The molecule has 1 aliphatic rings. The maximum absolute atomic E-state index is 13.0. The monoisotopic (exact) mass is 310 g/mol. The number of rotatable bonds is 5. The quantitative estimate of drug-likeness (QED) is 0.909. The first-order chi connectivity index (χ1) is 9.91. The second kappa shape index (κ2) is 6.46. The maximum Gasteiger partial charge on any atom is 0.243 e. The van der Waals surface area contributed by atoms with Crippen molar-refractivity contribution in [2.75, 3.05) is 7.05 Å². The first-order valence-corrected chi connectivity index (χ1v) is 9.16. The predicted octanol–water partition coefficient (Wildman–Crippen LogP) is 2.92. The molecule has 1 heterocycles. The average molecular weight is 310 g/mol. The van der Waals surface area contributed by atoms with Crippen LogP contribution in [-0.2, 0) is 10.0 Å². The third kappa shape index (κ3) is 3.15. The summed E-state index contributed by atoms with van der Waals surface area (Å²) < 4.78 is 27.7. The Kier molecular flexibility index (Phi) is 5.07. The van der Waals surface area contributed by atoms with E-state index in [-0.39, 0.29) is 18.1 Å². The van der Waals surface area contributed by atoms with Gasteiger partial charge in [-0.25, -0.2) is 8.42 Å². The fourth-order valence-electron chi connectivity index (χ4n) is 3.10. The first kappa shape index (κ1) is 16.5. The number of benzene rings is 1. The number of nitrogens with zero attached hydrogens (tertiary/aromatic N) is 1. The van der Waals surface area contributed by atoms with Gasteiger partial charge in [0.25, 0.3) is 0 Å². The smallest absolute Gasteiger partial charge is 0.243 e. The van der Waals surface area contributed by atoms with Gasteiger partial charge in [0.05, 0.1) is 4.90 Å². The number of hydrogen-bond donors (Lipinski definition) is 1. The Morgan fingerprint density at radius 3 is 2.71 bits per heavy atom. The lowest BCUT2D eigenvalue weighted by Crippen LogP contribution is -2.39. The van der Waals surface area contributed by atoms with Crippen LogP contribution in [0.25, 0.3) is 0 Å². The average Bonchev–Trinajstić information content (AvgIpc) is 2.88. The highest BCUT2D eigenvalue weighted by Crippen LogP contribution is 2.32. The summed E-state index contributed by atoms with van der Waals surface area (Å²) in [6, 6.07) is 7.66. The van der Waals surface area contributed by atoms with Gasteiger partial charge >= 0.3 is 0 Å². The Hall–Kier alpha value is -0.910. The second-order valence-corrected chi connectivity index (χ2v) is 7.75. The molecule has 1 N–H and O–H groups in total. The van der Waals surface area contributed by atoms with Crippen LogP contribution in [0.3, 0.4) is 0 Å². The highest BCUT2D eigenvalue weighted by Gasteiger charge is 2.39. The molecule has 1 fully saturated rings. The third-order valence-electron chi connectivity index (χ3n) is 4.55. The molecule has 1 aromatic carbocycles. The van der Waals surface area contributed by atoms with Gasteiger partial charge in [0.15, 0.2) is 0 Å². The molecule has 0 aromatic heterocycles. The first-order valence-electron chi connectivity index (χ1n) is 7.72. The van der Waals surface area contributed by atoms with E-state index in [0.717, 1.165) is 24.8 Å². The molecule has 118 valence electrons. The van der Waals surface area contributed by atoms with Gasteiger partial charge in [0.2, 0.25) is 10.0 Å². The van der Waals surface area contributed by atoms with Crippen molar-refractivity contribution < 1.29 is 8.42 Å². The highest BCUT2D eigenvalue weighted by molar-refractivity contribution is 7.89. The Labute approximate surface area is 128 Å². The van der Waals surface area contributed by atoms with Crippen molar-refractivity contribution in [3.05, 3.63) is 29.8 Å². The zero-order chi connectivity index (χ0) is 15.6. The fourth-order valence-corrected chi connectivity index (χ4v) is 5.10. The topological polar surface area (TPSA) is 49.4 Å². The molecule has 1 saturated heterocycles. The van der Waals surface area contributed by atoms with Crippen molar-refractivity contribution in [3.63, 3.8) is 0 Å². The molecule has 3 atom stereocenters. The Morgan fingerprint density at radius 2 is 2.10 bits per heavy atom. The Balaban J connectivity index is 2.39. The molecule has 0 bridgehead atoms. The van der Waals surface area contributed by atoms with E-state index in [2.05, 4.69) is 12.2 Å². The van der Waals surface area contributed by atoms with E-state index in [1.807, 2.05) is 33.0 Å². The summed E-state index contributed by atoms with van der Waals surface area (Å²) in [4.78, 5) is 0.411. The molecule has 1 aliphatic heterocycles. The summed E-state index contributed by atoms with van der Waals surface area (Å²) in [7, 11) is -1.53. The largest absolute Gasteiger partial charge is 0.313 e. The minimum absolute atomic E-state index is 0.0883. The molecule has 4 nitrogen and oxygen atoms in total. The number of hydrogen-bond acceptors (Lipinski definition) is 3. The van der Waals surface area contributed by atoms with Crippen molar-refractivity contribution in [1.82, 2.24) is 9.62 Å². The minimum atomic E-state index is -3.41. The van der Waals surface area contributed by atoms with E-state index in [0.29, 0.717) is 4.90 Å². The molecule has 0 amide bonds. The van der Waals surface area contributed by atoms with Gasteiger partial charge in [-0.05, 0) is 57.9 Å². The van der Waals surface area contributed by atoms with Crippen LogP contribution in [0.2, 0.25) is 0 Å². The Morgan fingerprint density at radius 1 is 1.38 bits per heavy atom. The van der Waals surface area contributed by atoms with E-state index < -0.39 is 10.0 Å². The van der Waals surface area contributed by atoms with Gasteiger partial charge in [-0.3, -0.25) is 0 Å². The molecular formula is C16H26N2O2S. The number of nitrogens with one attached hydrogen (secondary N) is 1. The van der Waals surface area contributed by atoms with Crippen LogP contribution < -0.4 is 5.32 Å². The van der Waals surface area contributed by atoms with Crippen LogP contribution in [0.4, 0.5) is 0 Å². The fraction of sp³-hybridized carbons (Fsp3) is 0.625. The van der Waals surface area contributed by atoms with E-state index in [4.69, 9.17) is 0 Å². The molecule has 21 heavy (non-hydrogen) atoms. The standard InChI is InChI=1S/C16H26N2O2S/c1-5-15-10-9-12(2)18(15)21(19,20)16-8-6-7-14(11-16)13(3)17-4/h6-8,11-13,15,17H,5,9-10H2,1-4H3. The molecular weight excluding hydrogens is 284 g/mol. The summed E-state index contributed by atoms with van der Waals surface area (Å²) in [5.41, 5.74) is 0.999. The molecule has 3 unspecified atom stereocenters. The van der Waals surface area contributed by atoms with Gasteiger partial charge in [0, 0.05) is 18.1 Å². The summed E-state index contributed by atoms with van der Waals surface area (Å²) in [6.07, 6.45) is 2.78. The second-order valence-electron chi connectivity index (χ2n) is 5.91. The third-order valence-corrected chi connectivity index (χ3v) is 6.61. The Bertz CT molecular complexity index is 586. The van der Waals surface area contributed by atoms with Crippen LogP contribution in [-0.4, -0.2) is 31.9 Å².